The standard InChI is InChI=1S/C19H19N5O3/c1-19(2,20)16(18(26)24-27)23-17(25)15-9-7-13(8-10-15)5-3-4-6-14-11-21-22-12-14/h7-12,16,27H,20H2,1-2H3,(H,21,22)(H,23,25)(H,24,26). The molecule has 1 aromatic heterocycles. The van der Waals surface area contributed by atoms with E-state index in [-0.39, 0.29) is 0 Å². The molecule has 0 aliphatic rings. The van der Waals surface area contributed by atoms with E-state index in [2.05, 4.69) is 39.2 Å². The van der Waals surface area contributed by atoms with Crippen molar-refractivity contribution in [1.29, 1.82) is 0 Å². The van der Waals surface area contributed by atoms with Crippen LogP contribution in [-0.2, 0) is 4.79 Å². The van der Waals surface area contributed by atoms with E-state index in [1.807, 2.05) is 0 Å². The van der Waals surface area contributed by atoms with Gasteiger partial charge in [-0.3, -0.25) is 19.9 Å². The summed E-state index contributed by atoms with van der Waals surface area (Å²) in [5.41, 5.74) is 8.06. The predicted molar refractivity (Wildman–Crippen MR) is 98.2 cm³/mol. The summed E-state index contributed by atoms with van der Waals surface area (Å²) in [5, 5.41) is 17.8. The highest BCUT2D eigenvalue weighted by molar-refractivity contribution is 5.97. The van der Waals surface area contributed by atoms with Gasteiger partial charge in [0.15, 0.2) is 0 Å². The molecule has 2 aromatic rings. The fraction of sp³-hybridized carbons (Fsp3) is 0.211. The third kappa shape index (κ3) is 5.72. The SMILES string of the molecule is CC(C)(N)C(NC(=O)c1ccc(C#CC#Cc2cn[nH]c2)cc1)C(=O)NO. The third-order valence-corrected chi connectivity index (χ3v) is 3.51. The minimum absolute atomic E-state index is 0.324. The van der Waals surface area contributed by atoms with Crippen LogP contribution in [0.1, 0.15) is 35.3 Å². The van der Waals surface area contributed by atoms with E-state index < -0.39 is 23.4 Å². The predicted octanol–water partition coefficient (Wildman–Crippen LogP) is 0.154. The van der Waals surface area contributed by atoms with E-state index >= 15 is 0 Å². The molecule has 1 unspecified atom stereocenters. The monoisotopic (exact) mass is 365 g/mol. The van der Waals surface area contributed by atoms with Crippen molar-refractivity contribution in [1.82, 2.24) is 21.0 Å². The molecular formula is C19H19N5O3. The van der Waals surface area contributed by atoms with Crippen LogP contribution >= 0.6 is 0 Å². The van der Waals surface area contributed by atoms with Gasteiger partial charge in [-0.25, -0.2) is 5.48 Å². The maximum atomic E-state index is 12.3. The lowest BCUT2D eigenvalue weighted by Gasteiger charge is -2.29. The molecule has 8 heteroatoms. The highest BCUT2D eigenvalue weighted by atomic mass is 16.5. The number of nitrogens with zero attached hydrogens (tertiary/aromatic N) is 1. The van der Waals surface area contributed by atoms with Crippen LogP contribution in [0.15, 0.2) is 36.7 Å². The van der Waals surface area contributed by atoms with Gasteiger partial charge in [0.2, 0.25) is 0 Å². The topological polar surface area (TPSA) is 133 Å². The first kappa shape index (κ1) is 19.7. The van der Waals surface area contributed by atoms with Crippen LogP contribution in [0.3, 0.4) is 0 Å². The number of rotatable bonds is 4. The number of hydrogen-bond donors (Lipinski definition) is 5. The molecule has 8 nitrogen and oxygen atoms in total. The van der Waals surface area contributed by atoms with Crippen molar-refractivity contribution in [3.8, 4) is 23.7 Å². The summed E-state index contributed by atoms with van der Waals surface area (Å²) < 4.78 is 0. The molecule has 1 atom stereocenters. The Hall–Kier alpha value is -3.59. The number of aromatic nitrogens is 2. The molecule has 0 fully saturated rings. The summed E-state index contributed by atoms with van der Waals surface area (Å²) in [6.45, 7) is 3.13. The van der Waals surface area contributed by atoms with Crippen LogP contribution in [-0.4, -0.2) is 38.8 Å². The molecule has 0 saturated carbocycles. The molecular weight excluding hydrogens is 346 g/mol. The van der Waals surface area contributed by atoms with Crippen LogP contribution in [0, 0.1) is 23.7 Å². The van der Waals surface area contributed by atoms with E-state index in [1.165, 1.54) is 5.48 Å². The second-order valence-corrected chi connectivity index (χ2v) is 6.27. The molecule has 6 N–H and O–H groups in total. The van der Waals surface area contributed by atoms with Gasteiger partial charge in [-0.1, -0.05) is 5.92 Å². The molecule has 0 saturated heterocycles. The van der Waals surface area contributed by atoms with Crippen molar-refractivity contribution in [3.63, 3.8) is 0 Å². The normalized spacial score (nSPS) is 11.3. The maximum absolute atomic E-state index is 12.3. The lowest BCUT2D eigenvalue weighted by atomic mass is 9.95. The van der Waals surface area contributed by atoms with Crippen LogP contribution in [0.2, 0.25) is 0 Å². The quantitative estimate of drug-likeness (QED) is 0.299. The molecule has 0 aliphatic carbocycles. The Kier molecular flexibility index (Phi) is 6.34. The zero-order chi connectivity index (χ0) is 19.9. The molecule has 138 valence electrons. The average Bonchev–Trinajstić information content (AvgIpc) is 3.15. The van der Waals surface area contributed by atoms with Gasteiger partial charge < -0.3 is 11.1 Å². The highest BCUT2D eigenvalue weighted by Gasteiger charge is 2.33. The Bertz CT molecular complexity index is 920. The molecule has 1 heterocycles. The average molecular weight is 365 g/mol. The summed E-state index contributed by atoms with van der Waals surface area (Å²) in [6, 6.07) is 5.36. The van der Waals surface area contributed by atoms with Crippen LogP contribution in [0.25, 0.3) is 0 Å². The number of H-pyrrole nitrogens is 1. The first-order chi connectivity index (χ1) is 12.8. The number of carbonyl (C=O) groups is 2. The van der Waals surface area contributed by atoms with Crippen molar-refractivity contribution in [2.24, 2.45) is 5.73 Å². The summed E-state index contributed by atoms with van der Waals surface area (Å²) in [7, 11) is 0. The molecule has 27 heavy (non-hydrogen) atoms. The zero-order valence-corrected chi connectivity index (χ0v) is 14.8. The molecule has 0 radical (unpaired) electrons. The van der Waals surface area contributed by atoms with E-state index in [4.69, 9.17) is 10.9 Å². The van der Waals surface area contributed by atoms with Gasteiger partial charge in [-0.05, 0) is 55.9 Å². The van der Waals surface area contributed by atoms with Crippen molar-refractivity contribution < 1.29 is 14.8 Å². The fourth-order valence-electron chi connectivity index (χ4n) is 2.10. The van der Waals surface area contributed by atoms with E-state index in [0.29, 0.717) is 11.1 Å². The number of amides is 2. The Morgan fingerprint density at radius 3 is 2.33 bits per heavy atom. The van der Waals surface area contributed by atoms with Crippen LogP contribution < -0.4 is 16.5 Å². The molecule has 0 spiro atoms. The van der Waals surface area contributed by atoms with Gasteiger partial charge >= 0.3 is 0 Å². The number of nitrogens with one attached hydrogen (secondary N) is 3. The van der Waals surface area contributed by atoms with Gasteiger partial charge in [0.05, 0.1) is 11.8 Å². The molecule has 0 aliphatic heterocycles. The highest BCUT2D eigenvalue weighted by Crippen LogP contribution is 2.09. The lowest BCUT2D eigenvalue weighted by molar-refractivity contribution is -0.132. The van der Waals surface area contributed by atoms with Crippen LogP contribution in [0.5, 0.6) is 0 Å². The first-order valence-corrected chi connectivity index (χ1v) is 7.96. The number of hydroxylamine groups is 1. The smallest absolute Gasteiger partial charge is 0.267 e. The second-order valence-electron chi connectivity index (χ2n) is 6.27. The van der Waals surface area contributed by atoms with E-state index in [0.717, 1.165) is 5.56 Å². The largest absolute Gasteiger partial charge is 0.338 e. The van der Waals surface area contributed by atoms with Gasteiger partial charge in [-0.2, -0.15) is 5.10 Å². The Morgan fingerprint density at radius 1 is 1.19 bits per heavy atom. The zero-order valence-electron chi connectivity index (χ0n) is 14.8. The Morgan fingerprint density at radius 2 is 1.81 bits per heavy atom. The van der Waals surface area contributed by atoms with Gasteiger partial charge in [0, 0.05) is 22.9 Å². The Labute approximate surface area is 156 Å². The Balaban J connectivity index is 2.06. The molecule has 0 bridgehead atoms. The number of carbonyl (C=O) groups excluding carboxylic acids is 2. The number of benzene rings is 1. The minimum atomic E-state index is -1.10. The number of hydrogen-bond acceptors (Lipinski definition) is 5. The summed E-state index contributed by atoms with van der Waals surface area (Å²) in [5.74, 6) is 9.81. The summed E-state index contributed by atoms with van der Waals surface area (Å²) in [6.07, 6.45) is 3.25. The molecule has 2 amide bonds. The third-order valence-electron chi connectivity index (χ3n) is 3.51. The van der Waals surface area contributed by atoms with Gasteiger partial charge in [0.1, 0.15) is 6.04 Å². The van der Waals surface area contributed by atoms with Crippen molar-refractivity contribution in [2.45, 2.75) is 25.4 Å². The number of aromatic amines is 1. The summed E-state index contributed by atoms with van der Waals surface area (Å²) >= 11 is 0. The first-order valence-electron chi connectivity index (χ1n) is 7.96. The molecule has 1 aromatic carbocycles. The minimum Gasteiger partial charge on any atom is -0.338 e. The van der Waals surface area contributed by atoms with Crippen molar-refractivity contribution in [3.05, 3.63) is 53.3 Å². The van der Waals surface area contributed by atoms with Crippen molar-refractivity contribution in [2.75, 3.05) is 0 Å². The number of nitrogens with two attached hydrogens (primary N) is 1. The van der Waals surface area contributed by atoms with Crippen molar-refractivity contribution >= 4 is 11.8 Å². The fourth-order valence-corrected chi connectivity index (χ4v) is 2.10. The van der Waals surface area contributed by atoms with Gasteiger partial charge in [-0.15, -0.1) is 0 Å². The van der Waals surface area contributed by atoms with E-state index in [1.54, 1.807) is 50.5 Å². The summed E-state index contributed by atoms with van der Waals surface area (Å²) in [4.78, 5) is 24.0. The molecule has 2 rings (SSSR count). The van der Waals surface area contributed by atoms with E-state index in [9.17, 15) is 9.59 Å². The van der Waals surface area contributed by atoms with Gasteiger partial charge in [0.25, 0.3) is 11.8 Å². The maximum Gasteiger partial charge on any atom is 0.267 e. The lowest BCUT2D eigenvalue weighted by Crippen LogP contribution is -2.61. The second kappa shape index (κ2) is 8.68. The van der Waals surface area contributed by atoms with Crippen LogP contribution in [0.4, 0.5) is 0 Å².